The molecule has 0 heterocycles. The van der Waals surface area contributed by atoms with E-state index in [-0.39, 0.29) is 11.9 Å². The van der Waals surface area contributed by atoms with Gasteiger partial charge in [0, 0.05) is 9.61 Å². The topological polar surface area (TPSA) is 12.0 Å². The smallest absolute Gasteiger partial charge is 0.123 e. The molecule has 0 amide bonds. The number of benzene rings is 2. The van der Waals surface area contributed by atoms with E-state index in [2.05, 4.69) is 60.0 Å². The highest BCUT2D eigenvalue weighted by molar-refractivity contribution is 14.1. The van der Waals surface area contributed by atoms with Crippen molar-refractivity contribution in [3.8, 4) is 0 Å². The molecule has 1 unspecified atom stereocenters. The van der Waals surface area contributed by atoms with Gasteiger partial charge in [0.25, 0.3) is 0 Å². The highest BCUT2D eigenvalue weighted by atomic mass is 127. The Morgan fingerprint density at radius 1 is 1.14 bits per heavy atom. The van der Waals surface area contributed by atoms with Crippen molar-refractivity contribution in [1.82, 2.24) is 5.32 Å². The fourth-order valence-electron chi connectivity index (χ4n) is 2.56. The highest BCUT2D eigenvalue weighted by Crippen LogP contribution is 2.27. The summed E-state index contributed by atoms with van der Waals surface area (Å²) in [4.78, 5) is 0. The van der Waals surface area contributed by atoms with Gasteiger partial charge in [0.1, 0.15) is 5.82 Å². The summed E-state index contributed by atoms with van der Waals surface area (Å²) in [5.41, 5.74) is 4.79. The zero-order valence-electron chi connectivity index (χ0n) is 12.7. The fourth-order valence-corrected chi connectivity index (χ4v) is 3.29. The highest BCUT2D eigenvalue weighted by Gasteiger charge is 2.16. The molecule has 1 atom stereocenters. The molecule has 0 aliphatic rings. The lowest BCUT2D eigenvalue weighted by Gasteiger charge is -2.22. The van der Waals surface area contributed by atoms with Crippen LogP contribution in [0.25, 0.3) is 0 Å². The van der Waals surface area contributed by atoms with E-state index >= 15 is 0 Å². The standard InChI is InChI=1S/C18H21FIN/c1-4-21-17(16-7-5-6-13(3)18(16)20)11-14-10-15(19)9-8-12(14)2/h5-10,17,21H,4,11H2,1-3H3. The third-order valence-electron chi connectivity index (χ3n) is 3.78. The SMILES string of the molecule is CCNC(Cc1cc(F)ccc1C)c1cccc(C)c1I. The summed E-state index contributed by atoms with van der Waals surface area (Å²) in [7, 11) is 0. The van der Waals surface area contributed by atoms with Gasteiger partial charge in [-0.3, -0.25) is 0 Å². The predicted octanol–water partition coefficient (Wildman–Crippen LogP) is 4.94. The zero-order valence-corrected chi connectivity index (χ0v) is 14.9. The molecule has 0 radical (unpaired) electrons. The normalized spacial score (nSPS) is 12.4. The maximum Gasteiger partial charge on any atom is 0.123 e. The van der Waals surface area contributed by atoms with Gasteiger partial charge in [-0.15, -0.1) is 0 Å². The number of likely N-dealkylation sites (N-methyl/N-ethyl adjacent to an activating group) is 1. The first kappa shape index (κ1) is 16.4. The van der Waals surface area contributed by atoms with Crippen LogP contribution in [0.15, 0.2) is 36.4 Å². The molecule has 1 nitrogen and oxygen atoms in total. The molecule has 0 aromatic heterocycles. The fraction of sp³-hybridized carbons (Fsp3) is 0.333. The Hall–Kier alpha value is -0.940. The second-order valence-corrected chi connectivity index (χ2v) is 6.44. The summed E-state index contributed by atoms with van der Waals surface area (Å²) in [5.74, 6) is -0.162. The van der Waals surface area contributed by atoms with Gasteiger partial charge in [0.2, 0.25) is 0 Å². The Bertz CT molecular complexity index is 625. The van der Waals surface area contributed by atoms with Gasteiger partial charge in [-0.25, -0.2) is 4.39 Å². The summed E-state index contributed by atoms with van der Waals surface area (Å²) >= 11 is 2.40. The van der Waals surface area contributed by atoms with Gasteiger partial charge >= 0.3 is 0 Å². The van der Waals surface area contributed by atoms with E-state index in [0.717, 1.165) is 24.1 Å². The lowest BCUT2D eigenvalue weighted by Crippen LogP contribution is -2.24. The van der Waals surface area contributed by atoms with Gasteiger partial charge < -0.3 is 5.32 Å². The summed E-state index contributed by atoms with van der Waals surface area (Å²) in [6.07, 6.45) is 0.802. The van der Waals surface area contributed by atoms with Crippen LogP contribution in [-0.4, -0.2) is 6.54 Å². The molecule has 2 aromatic rings. The van der Waals surface area contributed by atoms with E-state index in [9.17, 15) is 4.39 Å². The first-order valence-electron chi connectivity index (χ1n) is 7.26. The number of hydrogen-bond donors (Lipinski definition) is 1. The maximum absolute atomic E-state index is 13.5. The predicted molar refractivity (Wildman–Crippen MR) is 95.2 cm³/mol. The number of nitrogens with one attached hydrogen (secondary N) is 1. The van der Waals surface area contributed by atoms with E-state index in [1.807, 2.05) is 13.0 Å². The number of aryl methyl sites for hydroxylation is 2. The Morgan fingerprint density at radius 3 is 2.62 bits per heavy atom. The van der Waals surface area contributed by atoms with Crippen LogP contribution in [0.4, 0.5) is 4.39 Å². The van der Waals surface area contributed by atoms with Gasteiger partial charge in [-0.05, 0) is 83.8 Å². The van der Waals surface area contributed by atoms with Gasteiger partial charge in [-0.2, -0.15) is 0 Å². The third kappa shape index (κ3) is 4.04. The summed E-state index contributed by atoms with van der Waals surface area (Å²) < 4.78 is 14.8. The largest absolute Gasteiger partial charge is 0.310 e. The lowest BCUT2D eigenvalue weighted by atomic mass is 9.95. The van der Waals surface area contributed by atoms with Gasteiger partial charge in [0.15, 0.2) is 0 Å². The Labute approximate surface area is 140 Å². The lowest BCUT2D eigenvalue weighted by molar-refractivity contribution is 0.543. The third-order valence-corrected chi connectivity index (χ3v) is 5.26. The second-order valence-electron chi connectivity index (χ2n) is 5.36. The van der Waals surface area contributed by atoms with Crippen molar-refractivity contribution < 1.29 is 4.39 Å². The van der Waals surface area contributed by atoms with Crippen molar-refractivity contribution in [3.05, 3.63) is 68.0 Å². The van der Waals surface area contributed by atoms with Crippen molar-refractivity contribution in [3.63, 3.8) is 0 Å². The molecule has 112 valence electrons. The zero-order chi connectivity index (χ0) is 15.4. The van der Waals surface area contributed by atoms with Crippen molar-refractivity contribution in [2.75, 3.05) is 6.54 Å². The summed E-state index contributed by atoms with van der Waals surface area (Å²) in [5, 5.41) is 3.53. The van der Waals surface area contributed by atoms with Crippen LogP contribution in [0, 0.1) is 23.2 Å². The molecular weight excluding hydrogens is 376 g/mol. The van der Waals surface area contributed by atoms with E-state index in [0.29, 0.717) is 0 Å². The number of rotatable bonds is 5. The molecule has 0 fully saturated rings. The quantitative estimate of drug-likeness (QED) is 0.705. The van der Waals surface area contributed by atoms with Gasteiger partial charge in [-0.1, -0.05) is 31.2 Å². The molecule has 0 saturated heterocycles. The van der Waals surface area contributed by atoms with Crippen LogP contribution in [0.1, 0.15) is 35.2 Å². The van der Waals surface area contributed by atoms with Crippen molar-refractivity contribution >= 4 is 22.6 Å². The van der Waals surface area contributed by atoms with Crippen LogP contribution >= 0.6 is 22.6 Å². The minimum atomic E-state index is -0.162. The molecule has 0 aliphatic heterocycles. The van der Waals surface area contributed by atoms with Crippen molar-refractivity contribution in [2.45, 2.75) is 33.2 Å². The summed E-state index contributed by atoms with van der Waals surface area (Å²) in [6, 6.07) is 11.6. The molecule has 3 heteroatoms. The monoisotopic (exact) mass is 397 g/mol. The first-order chi connectivity index (χ1) is 10.0. The van der Waals surface area contributed by atoms with E-state index in [1.165, 1.54) is 20.8 Å². The van der Waals surface area contributed by atoms with Gasteiger partial charge in [0.05, 0.1) is 0 Å². The molecule has 0 aliphatic carbocycles. The van der Waals surface area contributed by atoms with Crippen LogP contribution in [0.2, 0.25) is 0 Å². The number of hydrogen-bond acceptors (Lipinski definition) is 1. The minimum absolute atomic E-state index is 0.162. The average molecular weight is 397 g/mol. The Kier molecular flexibility index (Phi) is 5.76. The summed E-state index contributed by atoms with van der Waals surface area (Å²) in [6.45, 7) is 7.16. The minimum Gasteiger partial charge on any atom is -0.310 e. The Balaban J connectivity index is 2.35. The van der Waals surface area contributed by atoms with E-state index in [4.69, 9.17) is 0 Å². The van der Waals surface area contributed by atoms with Crippen LogP contribution in [-0.2, 0) is 6.42 Å². The molecule has 0 bridgehead atoms. The van der Waals surface area contributed by atoms with Crippen molar-refractivity contribution in [1.29, 1.82) is 0 Å². The molecule has 1 N–H and O–H groups in total. The second kappa shape index (κ2) is 7.36. The molecule has 0 saturated carbocycles. The van der Waals surface area contributed by atoms with Crippen molar-refractivity contribution in [2.24, 2.45) is 0 Å². The van der Waals surface area contributed by atoms with Crippen LogP contribution < -0.4 is 5.32 Å². The molecule has 2 rings (SSSR count). The van der Waals surface area contributed by atoms with E-state index < -0.39 is 0 Å². The first-order valence-corrected chi connectivity index (χ1v) is 8.34. The molecular formula is C18H21FIN. The molecule has 2 aromatic carbocycles. The molecule has 21 heavy (non-hydrogen) atoms. The average Bonchev–Trinajstić information content (AvgIpc) is 2.45. The Morgan fingerprint density at radius 2 is 1.90 bits per heavy atom. The maximum atomic E-state index is 13.5. The van der Waals surface area contributed by atoms with E-state index in [1.54, 1.807) is 6.07 Å². The number of halogens is 2. The molecule has 0 spiro atoms. The van der Waals surface area contributed by atoms with Crippen LogP contribution in [0.5, 0.6) is 0 Å². The van der Waals surface area contributed by atoms with Crippen LogP contribution in [0.3, 0.4) is 0 Å².